The lowest BCUT2D eigenvalue weighted by atomic mass is 9.76. The Morgan fingerprint density at radius 2 is 2.00 bits per heavy atom. The quantitative estimate of drug-likeness (QED) is 0.914. The minimum absolute atomic E-state index is 0. The molecule has 18 heavy (non-hydrogen) atoms. The van der Waals surface area contributed by atoms with Gasteiger partial charge in [0.15, 0.2) is 0 Å². The molecular formula is C14H21ClN2O. The predicted molar refractivity (Wildman–Crippen MR) is 75.7 cm³/mol. The Morgan fingerprint density at radius 3 is 2.50 bits per heavy atom. The standard InChI is InChI=1S/C14H20N2O.ClH/c1-11-6-3-4-7-12(11)10-16(2)13(17)14(15)8-5-9-14;/h3-4,6-7H,5,8-10,15H2,1-2H3;1H. The molecule has 100 valence electrons. The molecule has 4 heteroatoms. The highest BCUT2D eigenvalue weighted by molar-refractivity contribution is 5.86. The van der Waals surface area contributed by atoms with Crippen molar-refractivity contribution in [3.63, 3.8) is 0 Å². The lowest BCUT2D eigenvalue weighted by molar-refractivity contribution is -0.139. The molecule has 3 nitrogen and oxygen atoms in total. The molecule has 2 rings (SSSR count). The Bertz CT molecular complexity index is 430. The third-order valence-electron chi connectivity index (χ3n) is 3.69. The van der Waals surface area contributed by atoms with Crippen LogP contribution >= 0.6 is 12.4 Å². The van der Waals surface area contributed by atoms with Crippen molar-refractivity contribution in [2.75, 3.05) is 7.05 Å². The first-order valence-corrected chi connectivity index (χ1v) is 6.12. The first kappa shape index (κ1) is 15.0. The van der Waals surface area contributed by atoms with E-state index in [2.05, 4.69) is 19.1 Å². The zero-order chi connectivity index (χ0) is 12.5. The maximum absolute atomic E-state index is 12.2. The fraction of sp³-hybridized carbons (Fsp3) is 0.500. The highest BCUT2D eigenvalue weighted by atomic mass is 35.5. The molecule has 0 spiro atoms. The van der Waals surface area contributed by atoms with Crippen molar-refractivity contribution >= 4 is 18.3 Å². The molecule has 0 aromatic heterocycles. The summed E-state index contributed by atoms with van der Waals surface area (Å²) in [6, 6.07) is 8.14. The van der Waals surface area contributed by atoms with E-state index in [4.69, 9.17) is 5.73 Å². The fourth-order valence-electron chi connectivity index (χ4n) is 2.27. The third-order valence-corrected chi connectivity index (χ3v) is 3.69. The molecule has 1 aliphatic carbocycles. The maximum atomic E-state index is 12.2. The smallest absolute Gasteiger partial charge is 0.242 e. The zero-order valence-corrected chi connectivity index (χ0v) is 11.8. The summed E-state index contributed by atoms with van der Waals surface area (Å²) in [5, 5.41) is 0. The monoisotopic (exact) mass is 268 g/mol. The first-order chi connectivity index (χ1) is 8.03. The van der Waals surface area contributed by atoms with Gasteiger partial charge in [-0.15, -0.1) is 12.4 Å². The topological polar surface area (TPSA) is 46.3 Å². The van der Waals surface area contributed by atoms with Crippen LogP contribution < -0.4 is 5.73 Å². The van der Waals surface area contributed by atoms with Crippen LogP contribution in [0.5, 0.6) is 0 Å². The van der Waals surface area contributed by atoms with Crippen molar-refractivity contribution in [2.24, 2.45) is 5.73 Å². The molecule has 0 atom stereocenters. The molecule has 1 saturated carbocycles. The van der Waals surface area contributed by atoms with Gasteiger partial charge in [-0.05, 0) is 37.3 Å². The summed E-state index contributed by atoms with van der Waals surface area (Å²) < 4.78 is 0. The second-order valence-corrected chi connectivity index (χ2v) is 5.10. The molecule has 1 aliphatic rings. The molecule has 1 aromatic rings. The van der Waals surface area contributed by atoms with Gasteiger partial charge in [-0.3, -0.25) is 4.79 Å². The zero-order valence-electron chi connectivity index (χ0n) is 11.0. The summed E-state index contributed by atoms with van der Waals surface area (Å²) in [5.41, 5.74) is 7.86. The number of carbonyl (C=O) groups excluding carboxylic acids is 1. The number of nitrogens with two attached hydrogens (primary N) is 1. The van der Waals surface area contributed by atoms with Crippen molar-refractivity contribution in [1.29, 1.82) is 0 Å². The van der Waals surface area contributed by atoms with Crippen molar-refractivity contribution in [3.8, 4) is 0 Å². The number of rotatable bonds is 3. The van der Waals surface area contributed by atoms with E-state index < -0.39 is 5.54 Å². The molecule has 2 N–H and O–H groups in total. The van der Waals surface area contributed by atoms with Gasteiger partial charge in [0.25, 0.3) is 0 Å². The summed E-state index contributed by atoms with van der Waals surface area (Å²) in [4.78, 5) is 13.9. The van der Waals surface area contributed by atoms with Gasteiger partial charge >= 0.3 is 0 Å². The summed E-state index contributed by atoms with van der Waals surface area (Å²) in [5.74, 6) is 0.0759. The van der Waals surface area contributed by atoms with Crippen LogP contribution in [0.4, 0.5) is 0 Å². The van der Waals surface area contributed by atoms with Crippen LogP contribution in [0.25, 0.3) is 0 Å². The number of carbonyl (C=O) groups is 1. The Labute approximate surface area is 115 Å². The maximum Gasteiger partial charge on any atom is 0.242 e. The van der Waals surface area contributed by atoms with E-state index in [9.17, 15) is 4.79 Å². The van der Waals surface area contributed by atoms with E-state index in [1.54, 1.807) is 4.90 Å². The Balaban J connectivity index is 0.00000162. The van der Waals surface area contributed by atoms with Gasteiger partial charge in [0, 0.05) is 13.6 Å². The minimum atomic E-state index is -0.586. The molecule has 1 aromatic carbocycles. The lowest BCUT2D eigenvalue weighted by Gasteiger charge is -2.39. The Kier molecular flexibility index (Phi) is 4.77. The van der Waals surface area contributed by atoms with E-state index in [1.165, 1.54) is 11.1 Å². The van der Waals surface area contributed by atoms with Gasteiger partial charge < -0.3 is 10.6 Å². The Hall–Kier alpha value is -1.06. The van der Waals surface area contributed by atoms with E-state index in [0.717, 1.165) is 19.3 Å². The number of aryl methyl sites for hydroxylation is 1. The molecule has 0 radical (unpaired) electrons. The van der Waals surface area contributed by atoms with Gasteiger partial charge in [0.2, 0.25) is 5.91 Å². The van der Waals surface area contributed by atoms with Crippen LogP contribution in [0.3, 0.4) is 0 Å². The molecule has 0 unspecified atom stereocenters. The number of nitrogens with zero attached hydrogens (tertiary/aromatic N) is 1. The van der Waals surface area contributed by atoms with E-state index in [1.807, 2.05) is 19.2 Å². The van der Waals surface area contributed by atoms with Crippen LogP contribution in [-0.2, 0) is 11.3 Å². The number of hydrogen-bond donors (Lipinski definition) is 1. The van der Waals surface area contributed by atoms with Crippen molar-refractivity contribution in [3.05, 3.63) is 35.4 Å². The van der Waals surface area contributed by atoms with Crippen LogP contribution in [0.1, 0.15) is 30.4 Å². The van der Waals surface area contributed by atoms with Crippen LogP contribution in [0.2, 0.25) is 0 Å². The predicted octanol–water partition coefficient (Wildman–Crippen LogP) is 2.26. The minimum Gasteiger partial charge on any atom is -0.340 e. The molecular weight excluding hydrogens is 248 g/mol. The van der Waals surface area contributed by atoms with E-state index in [0.29, 0.717) is 6.54 Å². The van der Waals surface area contributed by atoms with Crippen LogP contribution in [-0.4, -0.2) is 23.4 Å². The van der Waals surface area contributed by atoms with E-state index >= 15 is 0 Å². The van der Waals surface area contributed by atoms with Gasteiger partial charge in [-0.25, -0.2) is 0 Å². The van der Waals surface area contributed by atoms with Gasteiger partial charge in [0.1, 0.15) is 0 Å². The molecule has 1 fully saturated rings. The number of hydrogen-bond acceptors (Lipinski definition) is 2. The van der Waals surface area contributed by atoms with Crippen molar-refractivity contribution in [1.82, 2.24) is 4.90 Å². The molecule has 0 saturated heterocycles. The van der Waals surface area contributed by atoms with Crippen LogP contribution in [0.15, 0.2) is 24.3 Å². The van der Waals surface area contributed by atoms with Crippen molar-refractivity contribution < 1.29 is 4.79 Å². The SMILES string of the molecule is Cc1ccccc1CN(C)C(=O)C1(N)CCC1.Cl. The fourth-order valence-corrected chi connectivity index (χ4v) is 2.27. The molecule has 0 heterocycles. The molecule has 0 bridgehead atoms. The normalized spacial score (nSPS) is 16.4. The van der Waals surface area contributed by atoms with Crippen LogP contribution in [0, 0.1) is 6.92 Å². The summed E-state index contributed by atoms with van der Waals surface area (Å²) in [7, 11) is 1.84. The first-order valence-electron chi connectivity index (χ1n) is 6.12. The van der Waals surface area contributed by atoms with Gasteiger partial charge in [0.05, 0.1) is 5.54 Å². The Morgan fingerprint density at radius 1 is 1.39 bits per heavy atom. The number of benzene rings is 1. The van der Waals surface area contributed by atoms with E-state index in [-0.39, 0.29) is 18.3 Å². The second kappa shape index (κ2) is 5.72. The molecule has 0 aliphatic heterocycles. The highest BCUT2D eigenvalue weighted by Gasteiger charge is 2.41. The number of amides is 1. The number of likely N-dealkylation sites (N-methyl/N-ethyl adjacent to an activating group) is 1. The van der Waals surface area contributed by atoms with Crippen molar-refractivity contribution in [2.45, 2.75) is 38.3 Å². The average Bonchev–Trinajstić information content (AvgIpc) is 2.28. The summed E-state index contributed by atoms with van der Waals surface area (Å²) in [6.07, 6.45) is 2.72. The number of halogens is 1. The summed E-state index contributed by atoms with van der Waals surface area (Å²) >= 11 is 0. The van der Waals surface area contributed by atoms with Gasteiger partial charge in [-0.1, -0.05) is 24.3 Å². The third kappa shape index (κ3) is 2.85. The summed E-state index contributed by atoms with van der Waals surface area (Å²) in [6.45, 7) is 2.71. The molecule has 1 amide bonds. The second-order valence-electron chi connectivity index (χ2n) is 5.10. The highest BCUT2D eigenvalue weighted by Crippen LogP contribution is 2.31. The average molecular weight is 269 g/mol. The largest absolute Gasteiger partial charge is 0.340 e. The van der Waals surface area contributed by atoms with Gasteiger partial charge in [-0.2, -0.15) is 0 Å². The lowest BCUT2D eigenvalue weighted by Crippen LogP contribution is -2.58.